The highest BCUT2D eigenvalue weighted by atomic mass is 35.5. The van der Waals surface area contributed by atoms with Gasteiger partial charge in [-0.15, -0.1) is 0 Å². The van der Waals surface area contributed by atoms with Crippen molar-refractivity contribution in [1.29, 1.82) is 0 Å². The summed E-state index contributed by atoms with van der Waals surface area (Å²) in [7, 11) is -0.223. The molecule has 0 unspecified atom stereocenters. The van der Waals surface area contributed by atoms with E-state index in [4.69, 9.17) is 11.6 Å². The SMILES string of the molecule is CN(C)S(=O)(=O)N1CCN(c2cc(Cl)cc3[nH]ccc23)CC1. The summed E-state index contributed by atoms with van der Waals surface area (Å²) < 4.78 is 27.1. The van der Waals surface area contributed by atoms with Crippen molar-refractivity contribution in [1.82, 2.24) is 13.6 Å². The molecule has 3 rings (SSSR count). The quantitative estimate of drug-likeness (QED) is 0.924. The predicted molar refractivity (Wildman–Crippen MR) is 89.7 cm³/mol. The van der Waals surface area contributed by atoms with Crippen molar-refractivity contribution in [3.8, 4) is 0 Å². The van der Waals surface area contributed by atoms with Crippen LogP contribution in [0.4, 0.5) is 5.69 Å². The van der Waals surface area contributed by atoms with Gasteiger partial charge in [-0.2, -0.15) is 17.0 Å². The summed E-state index contributed by atoms with van der Waals surface area (Å²) >= 11 is 6.18. The number of hydrogen-bond donors (Lipinski definition) is 1. The first-order chi connectivity index (χ1) is 10.4. The van der Waals surface area contributed by atoms with Crippen LogP contribution in [0.1, 0.15) is 0 Å². The molecule has 8 heteroatoms. The Morgan fingerprint density at radius 1 is 1.18 bits per heavy atom. The van der Waals surface area contributed by atoms with Crippen molar-refractivity contribution in [3.63, 3.8) is 0 Å². The number of halogens is 1. The molecule has 0 amide bonds. The normalized spacial score (nSPS) is 17.5. The van der Waals surface area contributed by atoms with Crippen molar-refractivity contribution in [2.75, 3.05) is 45.2 Å². The number of rotatable bonds is 3. The minimum Gasteiger partial charge on any atom is -0.368 e. The highest BCUT2D eigenvalue weighted by Gasteiger charge is 2.29. The van der Waals surface area contributed by atoms with Crippen molar-refractivity contribution in [2.45, 2.75) is 0 Å². The number of aromatic nitrogens is 1. The second-order valence-corrected chi connectivity index (χ2v) is 8.12. The number of nitrogens with one attached hydrogen (secondary N) is 1. The Balaban J connectivity index is 1.83. The number of aromatic amines is 1. The molecule has 1 N–H and O–H groups in total. The third kappa shape index (κ3) is 2.69. The highest BCUT2D eigenvalue weighted by Crippen LogP contribution is 2.31. The van der Waals surface area contributed by atoms with Crippen molar-refractivity contribution in [3.05, 3.63) is 29.4 Å². The van der Waals surface area contributed by atoms with Gasteiger partial charge in [0.1, 0.15) is 0 Å². The minimum absolute atomic E-state index is 0.471. The number of hydrogen-bond acceptors (Lipinski definition) is 3. The second kappa shape index (κ2) is 5.73. The standard InChI is InChI=1S/C14H19ClN4O2S/c1-17(2)22(20,21)19-7-5-18(6-8-19)14-10-11(15)9-13-12(14)3-4-16-13/h3-4,9-10,16H,5-8H2,1-2H3. The van der Waals surface area contributed by atoms with Gasteiger partial charge in [0.2, 0.25) is 0 Å². The van der Waals surface area contributed by atoms with Gasteiger partial charge in [-0.05, 0) is 18.2 Å². The zero-order valence-corrected chi connectivity index (χ0v) is 14.2. The van der Waals surface area contributed by atoms with Crippen molar-refractivity contribution < 1.29 is 8.42 Å². The van der Waals surface area contributed by atoms with E-state index in [2.05, 4.69) is 9.88 Å². The van der Waals surface area contributed by atoms with E-state index in [0.717, 1.165) is 16.6 Å². The molecule has 1 saturated heterocycles. The van der Waals surface area contributed by atoms with E-state index >= 15 is 0 Å². The average molecular weight is 343 g/mol. The van der Waals surface area contributed by atoms with Crippen LogP contribution in [-0.2, 0) is 10.2 Å². The zero-order valence-electron chi connectivity index (χ0n) is 12.6. The topological polar surface area (TPSA) is 59.7 Å². The molecule has 0 bridgehead atoms. The first-order valence-corrected chi connectivity index (χ1v) is 8.86. The Morgan fingerprint density at radius 3 is 2.50 bits per heavy atom. The number of fused-ring (bicyclic) bond motifs is 1. The molecule has 0 radical (unpaired) electrons. The third-order valence-electron chi connectivity index (χ3n) is 3.98. The summed E-state index contributed by atoms with van der Waals surface area (Å²) in [6.07, 6.45) is 1.89. The number of benzene rings is 1. The molecule has 22 heavy (non-hydrogen) atoms. The maximum atomic E-state index is 12.2. The molecule has 1 fully saturated rings. The van der Waals surface area contributed by atoms with E-state index in [1.54, 1.807) is 14.1 Å². The van der Waals surface area contributed by atoms with Crippen LogP contribution in [0.5, 0.6) is 0 Å². The molecule has 6 nitrogen and oxygen atoms in total. The van der Waals surface area contributed by atoms with E-state index in [9.17, 15) is 8.42 Å². The molecule has 0 aliphatic carbocycles. The summed E-state index contributed by atoms with van der Waals surface area (Å²) in [4.78, 5) is 5.35. The Hall–Kier alpha value is -1.28. The van der Waals surface area contributed by atoms with Gasteiger partial charge in [-0.3, -0.25) is 0 Å². The number of piperazine rings is 1. The lowest BCUT2D eigenvalue weighted by atomic mass is 10.2. The summed E-state index contributed by atoms with van der Waals surface area (Å²) in [5.74, 6) is 0. The van der Waals surface area contributed by atoms with Crippen LogP contribution in [0.15, 0.2) is 24.4 Å². The van der Waals surface area contributed by atoms with Gasteiger partial charge in [0.15, 0.2) is 0 Å². The fraction of sp³-hybridized carbons (Fsp3) is 0.429. The van der Waals surface area contributed by atoms with E-state index in [1.165, 1.54) is 8.61 Å². The summed E-state index contributed by atoms with van der Waals surface area (Å²) in [6, 6.07) is 5.85. The van der Waals surface area contributed by atoms with Crippen molar-refractivity contribution >= 4 is 38.4 Å². The molecule has 120 valence electrons. The monoisotopic (exact) mass is 342 g/mol. The number of anilines is 1. The maximum Gasteiger partial charge on any atom is 0.281 e. The van der Waals surface area contributed by atoms with E-state index in [1.807, 2.05) is 24.4 Å². The van der Waals surface area contributed by atoms with Gasteiger partial charge in [0.25, 0.3) is 10.2 Å². The fourth-order valence-corrected chi connectivity index (χ4v) is 4.06. The van der Waals surface area contributed by atoms with Crippen molar-refractivity contribution in [2.24, 2.45) is 0 Å². The van der Waals surface area contributed by atoms with Crippen LogP contribution >= 0.6 is 11.6 Å². The van der Waals surface area contributed by atoms with Gasteiger partial charge in [-0.1, -0.05) is 11.6 Å². The summed E-state index contributed by atoms with van der Waals surface area (Å²) in [5, 5.41) is 1.78. The average Bonchev–Trinajstić information content (AvgIpc) is 2.94. The van der Waals surface area contributed by atoms with Crippen LogP contribution in [0, 0.1) is 0 Å². The molecule has 1 aliphatic rings. The smallest absolute Gasteiger partial charge is 0.281 e. The fourth-order valence-electron chi connectivity index (χ4n) is 2.77. The van der Waals surface area contributed by atoms with Gasteiger partial charge in [0, 0.05) is 68.1 Å². The number of nitrogens with zero attached hydrogens (tertiary/aromatic N) is 3. The van der Waals surface area contributed by atoms with Gasteiger partial charge >= 0.3 is 0 Å². The lowest BCUT2D eigenvalue weighted by Gasteiger charge is -2.36. The molecule has 2 aromatic rings. The predicted octanol–water partition coefficient (Wildman–Crippen LogP) is 1.75. The van der Waals surface area contributed by atoms with Crippen LogP contribution in [0.3, 0.4) is 0 Å². The van der Waals surface area contributed by atoms with Crippen LogP contribution in [0.2, 0.25) is 5.02 Å². The van der Waals surface area contributed by atoms with Gasteiger partial charge in [0.05, 0.1) is 0 Å². The molecular formula is C14H19ClN4O2S. The number of H-pyrrole nitrogens is 1. The third-order valence-corrected chi connectivity index (χ3v) is 6.14. The second-order valence-electron chi connectivity index (χ2n) is 5.54. The zero-order chi connectivity index (χ0) is 15.9. The van der Waals surface area contributed by atoms with Crippen LogP contribution < -0.4 is 4.90 Å². The van der Waals surface area contributed by atoms with E-state index in [-0.39, 0.29) is 0 Å². The summed E-state index contributed by atoms with van der Waals surface area (Å²) in [5.41, 5.74) is 2.04. The molecule has 1 aromatic heterocycles. The lowest BCUT2D eigenvalue weighted by molar-refractivity contribution is 0.356. The Bertz CT molecular complexity index is 779. The molecule has 1 aromatic carbocycles. The summed E-state index contributed by atoms with van der Waals surface area (Å²) in [6.45, 7) is 2.24. The Kier molecular flexibility index (Phi) is 4.07. The highest BCUT2D eigenvalue weighted by molar-refractivity contribution is 7.86. The van der Waals surface area contributed by atoms with E-state index < -0.39 is 10.2 Å². The minimum atomic E-state index is -3.34. The first-order valence-electron chi connectivity index (χ1n) is 7.09. The molecule has 0 atom stereocenters. The Morgan fingerprint density at radius 2 is 1.86 bits per heavy atom. The first kappa shape index (κ1) is 15.6. The van der Waals surface area contributed by atoms with Crippen LogP contribution in [0.25, 0.3) is 10.9 Å². The van der Waals surface area contributed by atoms with E-state index in [0.29, 0.717) is 31.2 Å². The molecular weight excluding hydrogens is 324 g/mol. The van der Waals surface area contributed by atoms with Gasteiger partial charge < -0.3 is 9.88 Å². The molecule has 0 spiro atoms. The van der Waals surface area contributed by atoms with Gasteiger partial charge in [-0.25, -0.2) is 0 Å². The molecule has 2 heterocycles. The maximum absolute atomic E-state index is 12.2. The molecule has 1 aliphatic heterocycles. The lowest BCUT2D eigenvalue weighted by Crippen LogP contribution is -2.51. The van der Waals surface area contributed by atoms with Crippen LogP contribution in [-0.4, -0.2) is 62.3 Å². The Labute approximate surface area is 135 Å². The molecule has 0 saturated carbocycles. The largest absolute Gasteiger partial charge is 0.368 e.